The molecule has 0 aliphatic carbocycles. The molecule has 2 rings (SSSR count). The highest BCUT2D eigenvalue weighted by Crippen LogP contribution is 2.20. The van der Waals surface area contributed by atoms with Crippen molar-refractivity contribution in [2.75, 3.05) is 0 Å². The summed E-state index contributed by atoms with van der Waals surface area (Å²) in [6.07, 6.45) is 4.98. The highest BCUT2D eigenvalue weighted by atomic mass is 79.9. The fraction of sp³-hybridized carbons (Fsp3) is 0.133. The fourth-order valence-electron chi connectivity index (χ4n) is 1.80. The van der Waals surface area contributed by atoms with Gasteiger partial charge in [-0.1, -0.05) is 34.1 Å². The van der Waals surface area contributed by atoms with Crippen molar-refractivity contribution in [3.8, 4) is 0 Å². The average Bonchev–Trinajstić information content (AvgIpc) is 2.68. The molecule has 18 heavy (non-hydrogen) atoms. The number of aryl methyl sites for hydroxylation is 2. The molecule has 0 unspecified atom stereocenters. The molecule has 3 heteroatoms. The molecule has 0 saturated heterocycles. The number of halogens is 1. The van der Waals surface area contributed by atoms with E-state index >= 15 is 0 Å². The van der Waals surface area contributed by atoms with Gasteiger partial charge in [-0.3, -0.25) is 4.79 Å². The smallest absolute Gasteiger partial charge is 0.189 e. The molecule has 0 fully saturated rings. The van der Waals surface area contributed by atoms with Gasteiger partial charge in [-0.25, -0.2) is 0 Å². The molecule has 0 atom stereocenters. The van der Waals surface area contributed by atoms with Crippen LogP contribution in [-0.2, 0) is 0 Å². The lowest BCUT2D eigenvalue weighted by atomic mass is 10.1. The summed E-state index contributed by atoms with van der Waals surface area (Å²) in [6, 6.07) is 7.76. The van der Waals surface area contributed by atoms with E-state index in [0.29, 0.717) is 11.3 Å². The highest BCUT2D eigenvalue weighted by molar-refractivity contribution is 9.10. The molecule has 0 bridgehead atoms. The first-order valence-electron chi connectivity index (χ1n) is 5.61. The molecule has 0 amide bonds. The number of carbonyl (C=O) groups excluding carboxylic acids is 1. The molecule has 1 aromatic heterocycles. The lowest BCUT2D eigenvalue weighted by Gasteiger charge is -1.97. The Balaban J connectivity index is 2.25. The third kappa shape index (κ3) is 2.62. The van der Waals surface area contributed by atoms with Crippen LogP contribution in [0.5, 0.6) is 0 Å². The van der Waals surface area contributed by atoms with Gasteiger partial charge in [0.1, 0.15) is 5.76 Å². The van der Waals surface area contributed by atoms with Gasteiger partial charge in [0.25, 0.3) is 0 Å². The number of hydrogen-bond acceptors (Lipinski definition) is 2. The van der Waals surface area contributed by atoms with Gasteiger partial charge in [0.05, 0.1) is 11.8 Å². The molecule has 2 aromatic rings. The standard InChI is InChI=1S/C15H13BrO2/c1-10-9-18-11(2)15(10)14(17)8-7-12-5-3-4-6-13(12)16/h3-9H,1-2H3. The van der Waals surface area contributed by atoms with Crippen molar-refractivity contribution in [1.29, 1.82) is 0 Å². The van der Waals surface area contributed by atoms with E-state index in [9.17, 15) is 4.79 Å². The van der Waals surface area contributed by atoms with Crippen molar-refractivity contribution in [3.63, 3.8) is 0 Å². The van der Waals surface area contributed by atoms with Crippen LogP contribution >= 0.6 is 15.9 Å². The lowest BCUT2D eigenvalue weighted by molar-refractivity contribution is 0.104. The van der Waals surface area contributed by atoms with Gasteiger partial charge >= 0.3 is 0 Å². The van der Waals surface area contributed by atoms with Crippen LogP contribution < -0.4 is 0 Å². The summed E-state index contributed by atoms with van der Waals surface area (Å²) in [5.74, 6) is 0.629. The van der Waals surface area contributed by atoms with E-state index in [4.69, 9.17) is 4.42 Å². The molecule has 0 N–H and O–H groups in total. The van der Waals surface area contributed by atoms with Crippen LogP contribution in [0.4, 0.5) is 0 Å². The summed E-state index contributed by atoms with van der Waals surface area (Å²) in [5.41, 5.74) is 2.50. The van der Waals surface area contributed by atoms with Crippen LogP contribution in [-0.4, -0.2) is 5.78 Å². The summed E-state index contributed by atoms with van der Waals surface area (Å²) in [5, 5.41) is 0. The van der Waals surface area contributed by atoms with E-state index in [1.807, 2.05) is 31.2 Å². The summed E-state index contributed by atoms with van der Waals surface area (Å²) in [4.78, 5) is 12.1. The van der Waals surface area contributed by atoms with Crippen molar-refractivity contribution < 1.29 is 9.21 Å². The SMILES string of the molecule is Cc1coc(C)c1C(=O)C=Cc1ccccc1Br. The Bertz CT molecular complexity index is 589. The molecular weight excluding hydrogens is 292 g/mol. The van der Waals surface area contributed by atoms with E-state index in [1.54, 1.807) is 25.3 Å². The van der Waals surface area contributed by atoms with E-state index in [0.717, 1.165) is 15.6 Å². The Morgan fingerprint density at radius 2 is 2.00 bits per heavy atom. The van der Waals surface area contributed by atoms with Gasteiger partial charge in [-0.05, 0) is 43.2 Å². The van der Waals surface area contributed by atoms with E-state index in [1.165, 1.54) is 0 Å². The zero-order chi connectivity index (χ0) is 13.1. The van der Waals surface area contributed by atoms with Crippen molar-refractivity contribution in [1.82, 2.24) is 0 Å². The predicted molar refractivity (Wildman–Crippen MR) is 75.7 cm³/mol. The van der Waals surface area contributed by atoms with Crippen LogP contribution in [0.3, 0.4) is 0 Å². The number of allylic oxidation sites excluding steroid dienone is 1. The molecule has 0 aliphatic rings. The van der Waals surface area contributed by atoms with Crippen molar-refractivity contribution in [2.24, 2.45) is 0 Å². The van der Waals surface area contributed by atoms with Crippen molar-refractivity contribution >= 4 is 27.8 Å². The Labute approximate surface area is 114 Å². The molecule has 92 valence electrons. The molecule has 0 saturated carbocycles. The Morgan fingerprint density at radius 1 is 1.28 bits per heavy atom. The summed E-state index contributed by atoms with van der Waals surface area (Å²) >= 11 is 3.44. The number of carbonyl (C=O) groups is 1. The van der Waals surface area contributed by atoms with Crippen molar-refractivity contribution in [2.45, 2.75) is 13.8 Å². The predicted octanol–water partition coefficient (Wildman–Crippen LogP) is 4.56. The first-order valence-corrected chi connectivity index (χ1v) is 6.40. The average molecular weight is 305 g/mol. The van der Waals surface area contributed by atoms with E-state index < -0.39 is 0 Å². The number of hydrogen-bond donors (Lipinski definition) is 0. The molecule has 1 aromatic carbocycles. The Morgan fingerprint density at radius 3 is 2.61 bits per heavy atom. The third-order valence-corrected chi connectivity index (χ3v) is 3.45. The number of benzene rings is 1. The van der Waals surface area contributed by atoms with Crippen LogP contribution in [0.1, 0.15) is 27.2 Å². The van der Waals surface area contributed by atoms with Crippen LogP contribution in [0.25, 0.3) is 6.08 Å². The van der Waals surface area contributed by atoms with Gasteiger partial charge < -0.3 is 4.42 Å². The molecule has 2 nitrogen and oxygen atoms in total. The Kier molecular flexibility index (Phi) is 3.82. The molecule has 0 radical (unpaired) electrons. The first-order chi connectivity index (χ1) is 8.59. The maximum absolute atomic E-state index is 12.1. The maximum Gasteiger partial charge on any atom is 0.189 e. The van der Waals surface area contributed by atoms with Gasteiger partial charge in [0.2, 0.25) is 0 Å². The summed E-state index contributed by atoms with van der Waals surface area (Å²) in [7, 11) is 0. The second-order valence-electron chi connectivity index (χ2n) is 4.07. The molecule has 0 aliphatic heterocycles. The van der Waals surface area contributed by atoms with Crippen molar-refractivity contribution in [3.05, 3.63) is 63.5 Å². The van der Waals surface area contributed by atoms with Crippen LogP contribution in [0, 0.1) is 13.8 Å². The van der Waals surface area contributed by atoms with Gasteiger partial charge in [0, 0.05) is 4.47 Å². The van der Waals surface area contributed by atoms with Gasteiger partial charge in [-0.15, -0.1) is 0 Å². The Hall–Kier alpha value is -1.61. The minimum atomic E-state index is -0.0329. The second kappa shape index (κ2) is 5.36. The monoisotopic (exact) mass is 304 g/mol. The lowest BCUT2D eigenvalue weighted by Crippen LogP contribution is -1.96. The number of furan rings is 1. The van der Waals surface area contributed by atoms with Gasteiger partial charge in [-0.2, -0.15) is 0 Å². The normalized spacial score (nSPS) is 11.1. The zero-order valence-corrected chi connectivity index (χ0v) is 11.8. The maximum atomic E-state index is 12.1. The summed E-state index contributed by atoms with van der Waals surface area (Å²) in [6.45, 7) is 3.67. The van der Waals surface area contributed by atoms with E-state index in [2.05, 4.69) is 15.9 Å². The highest BCUT2D eigenvalue weighted by Gasteiger charge is 2.12. The largest absolute Gasteiger partial charge is 0.469 e. The molecule has 0 spiro atoms. The first kappa shape index (κ1) is 12.8. The van der Waals surface area contributed by atoms with Crippen LogP contribution in [0.15, 0.2) is 45.5 Å². The molecule has 1 heterocycles. The second-order valence-corrected chi connectivity index (χ2v) is 4.92. The zero-order valence-electron chi connectivity index (χ0n) is 10.2. The quantitative estimate of drug-likeness (QED) is 0.615. The van der Waals surface area contributed by atoms with E-state index in [-0.39, 0.29) is 5.78 Å². The fourth-order valence-corrected chi connectivity index (χ4v) is 2.22. The molecular formula is C15H13BrO2. The minimum absolute atomic E-state index is 0.0329. The number of ketones is 1. The summed E-state index contributed by atoms with van der Waals surface area (Å²) < 4.78 is 6.20. The minimum Gasteiger partial charge on any atom is -0.469 e. The van der Waals surface area contributed by atoms with Gasteiger partial charge in [0.15, 0.2) is 5.78 Å². The number of rotatable bonds is 3. The van der Waals surface area contributed by atoms with Crippen LogP contribution in [0.2, 0.25) is 0 Å². The third-order valence-electron chi connectivity index (χ3n) is 2.72. The topological polar surface area (TPSA) is 30.2 Å².